The van der Waals surface area contributed by atoms with E-state index in [2.05, 4.69) is 15.7 Å². The number of hydrogen-bond donors (Lipinski definition) is 2. The molecule has 0 aliphatic carbocycles. The normalized spacial score (nSPS) is 16.4. The van der Waals surface area contributed by atoms with Crippen LogP contribution >= 0.6 is 12.4 Å². The molecule has 0 radical (unpaired) electrons. The molecule has 3 rings (SSSR count). The predicted molar refractivity (Wildman–Crippen MR) is 115 cm³/mol. The van der Waals surface area contributed by atoms with E-state index in [1.54, 1.807) is 10.9 Å². The summed E-state index contributed by atoms with van der Waals surface area (Å²) in [6.45, 7) is 8.59. The fraction of sp³-hybridized carbons (Fsp3) is 0.524. The standard InChI is InChI=1S/C21H30N4O3.ClH/c1-4-27-18-8-7-17(15-19(18)28-5-2)16(3)24-20(26)21(9-12-22-13-10-21)25-14-6-11-23-25;/h6-8,11,14-16,22H,4-5,9-10,12-13H2,1-3H3,(H,24,26);1H. The number of hydrogen-bond acceptors (Lipinski definition) is 5. The highest BCUT2D eigenvalue weighted by Crippen LogP contribution is 2.32. The lowest BCUT2D eigenvalue weighted by molar-refractivity contribution is -0.132. The first-order chi connectivity index (χ1) is 13.6. The summed E-state index contributed by atoms with van der Waals surface area (Å²) in [5.74, 6) is 1.42. The molecule has 8 heteroatoms. The van der Waals surface area contributed by atoms with Crippen LogP contribution in [0.4, 0.5) is 0 Å². The number of piperidine rings is 1. The first-order valence-electron chi connectivity index (χ1n) is 10.0. The van der Waals surface area contributed by atoms with Crippen LogP contribution in [-0.2, 0) is 10.3 Å². The Labute approximate surface area is 178 Å². The average molecular weight is 423 g/mol. The van der Waals surface area contributed by atoms with E-state index in [1.165, 1.54) is 0 Å². The minimum absolute atomic E-state index is 0. The van der Waals surface area contributed by atoms with Crippen molar-refractivity contribution in [2.45, 2.75) is 45.2 Å². The fourth-order valence-corrected chi connectivity index (χ4v) is 3.67. The second-order valence-corrected chi connectivity index (χ2v) is 7.00. The zero-order valence-electron chi connectivity index (χ0n) is 17.3. The highest BCUT2D eigenvalue weighted by molar-refractivity contribution is 5.85. The number of carbonyl (C=O) groups is 1. The molecular formula is C21H31ClN4O3. The van der Waals surface area contributed by atoms with E-state index in [0.717, 1.165) is 24.4 Å². The first kappa shape index (κ1) is 23.0. The second-order valence-electron chi connectivity index (χ2n) is 7.00. The van der Waals surface area contributed by atoms with Gasteiger partial charge in [-0.05, 0) is 70.5 Å². The molecule has 1 saturated heterocycles. The van der Waals surface area contributed by atoms with Gasteiger partial charge in [0.2, 0.25) is 5.91 Å². The first-order valence-corrected chi connectivity index (χ1v) is 10.0. The highest BCUT2D eigenvalue weighted by atomic mass is 35.5. The van der Waals surface area contributed by atoms with E-state index < -0.39 is 5.54 Å². The number of nitrogens with zero attached hydrogens (tertiary/aromatic N) is 2. The zero-order chi connectivity index (χ0) is 20.0. The van der Waals surface area contributed by atoms with Crippen molar-refractivity contribution in [3.8, 4) is 11.5 Å². The number of carbonyl (C=O) groups excluding carboxylic acids is 1. The Morgan fingerprint density at radius 3 is 2.55 bits per heavy atom. The van der Waals surface area contributed by atoms with E-state index >= 15 is 0 Å². The van der Waals surface area contributed by atoms with E-state index in [1.807, 2.05) is 51.2 Å². The molecule has 1 aromatic carbocycles. The summed E-state index contributed by atoms with van der Waals surface area (Å²) in [5, 5.41) is 10.9. The van der Waals surface area contributed by atoms with Crippen LogP contribution in [0.15, 0.2) is 36.7 Å². The van der Waals surface area contributed by atoms with Gasteiger partial charge in [-0.1, -0.05) is 6.07 Å². The Morgan fingerprint density at radius 2 is 1.93 bits per heavy atom. The average Bonchev–Trinajstić information content (AvgIpc) is 3.25. The van der Waals surface area contributed by atoms with Gasteiger partial charge in [0.1, 0.15) is 5.54 Å². The molecule has 0 spiro atoms. The summed E-state index contributed by atoms with van der Waals surface area (Å²) >= 11 is 0. The summed E-state index contributed by atoms with van der Waals surface area (Å²) < 4.78 is 13.2. The number of nitrogens with one attached hydrogen (secondary N) is 2. The predicted octanol–water partition coefficient (Wildman–Crippen LogP) is 3.06. The number of aromatic nitrogens is 2. The van der Waals surface area contributed by atoms with Crippen LogP contribution in [0.3, 0.4) is 0 Å². The molecule has 1 unspecified atom stereocenters. The van der Waals surface area contributed by atoms with Crippen LogP contribution < -0.4 is 20.1 Å². The van der Waals surface area contributed by atoms with Gasteiger partial charge in [-0.25, -0.2) is 0 Å². The molecule has 2 aromatic rings. The fourth-order valence-electron chi connectivity index (χ4n) is 3.67. The Balaban J connectivity index is 0.00000300. The number of ether oxygens (including phenoxy) is 2. The maximum atomic E-state index is 13.3. The maximum absolute atomic E-state index is 13.3. The van der Waals surface area contributed by atoms with E-state index in [4.69, 9.17) is 9.47 Å². The largest absolute Gasteiger partial charge is 0.490 e. The van der Waals surface area contributed by atoms with Crippen molar-refractivity contribution < 1.29 is 14.3 Å². The van der Waals surface area contributed by atoms with E-state index in [-0.39, 0.29) is 24.4 Å². The van der Waals surface area contributed by atoms with Gasteiger partial charge in [-0.15, -0.1) is 12.4 Å². The molecule has 1 fully saturated rings. The lowest BCUT2D eigenvalue weighted by atomic mass is 9.87. The second kappa shape index (κ2) is 10.5. The summed E-state index contributed by atoms with van der Waals surface area (Å²) in [7, 11) is 0. The third kappa shape index (κ3) is 5.03. The Kier molecular flexibility index (Phi) is 8.34. The Morgan fingerprint density at radius 1 is 1.24 bits per heavy atom. The number of benzene rings is 1. The summed E-state index contributed by atoms with van der Waals surface area (Å²) in [6, 6.07) is 7.52. The number of amides is 1. The number of rotatable bonds is 8. The highest BCUT2D eigenvalue weighted by Gasteiger charge is 2.42. The van der Waals surface area contributed by atoms with Crippen LogP contribution in [0.2, 0.25) is 0 Å². The minimum atomic E-state index is -0.656. The van der Waals surface area contributed by atoms with Gasteiger partial charge in [0.15, 0.2) is 11.5 Å². The van der Waals surface area contributed by atoms with Gasteiger partial charge < -0.3 is 20.1 Å². The van der Waals surface area contributed by atoms with Gasteiger partial charge in [0.25, 0.3) is 0 Å². The molecule has 29 heavy (non-hydrogen) atoms. The molecule has 1 atom stereocenters. The van der Waals surface area contributed by atoms with Gasteiger partial charge in [-0.2, -0.15) is 5.10 Å². The third-order valence-corrected chi connectivity index (χ3v) is 5.21. The number of halogens is 1. The van der Waals surface area contributed by atoms with Gasteiger partial charge in [-0.3, -0.25) is 9.48 Å². The quantitative estimate of drug-likeness (QED) is 0.683. The molecule has 7 nitrogen and oxygen atoms in total. The van der Waals surface area contributed by atoms with Crippen LogP contribution in [0.1, 0.15) is 45.2 Å². The molecule has 2 N–H and O–H groups in total. The van der Waals surface area contributed by atoms with Crippen LogP contribution in [0.5, 0.6) is 11.5 Å². The zero-order valence-corrected chi connectivity index (χ0v) is 18.1. The monoisotopic (exact) mass is 422 g/mol. The van der Waals surface area contributed by atoms with E-state index in [9.17, 15) is 4.79 Å². The third-order valence-electron chi connectivity index (χ3n) is 5.21. The molecule has 1 amide bonds. The maximum Gasteiger partial charge on any atom is 0.248 e. The van der Waals surface area contributed by atoms with Crippen LogP contribution in [-0.4, -0.2) is 42.0 Å². The lowest BCUT2D eigenvalue weighted by Gasteiger charge is -2.37. The molecule has 1 aliphatic rings. The SMILES string of the molecule is CCOc1ccc(C(C)NC(=O)C2(n3cccn3)CCNCC2)cc1OCC.Cl. The van der Waals surface area contributed by atoms with Crippen molar-refractivity contribution in [2.75, 3.05) is 26.3 Å². The summed E-state index contributed by atoms with van der Waals surface area (Å²) in [6.07, 6.45) is 5.02. The lowest BCUT2D eigenvalue weighted by Crippen LogP contribution is -2.55. The molecule has 1 aliphatic heterocycles. The van der Waals surface area contributed by atoms with Gasteiger partial charge in [0.05, 0.1) is 19.3 Å². The molecule has 0 saturated carbocycles. The van der Waals surface area contributed by atoms with Gasteiger partial charge >= 0.3 is 0 Å². The molecule has 160 valence electrons. The summed E-state index contributed by atoms with van der Waals surface area (Å²) in [5.41, 5.74) is 0.321. The molecular weight excluding hydrogens is 392 g/mol. The Bertz CT molecular complexity index is 776. The van der Waals surface area contributed by atoms with Crippen molar-refractivity contribution in [2.24, 2.45) is 0 Å². The van der Waals surface area contributed by atoms with Crippen molar-refractivity contribution >= 4 is 18.3 Å². The van der Waals surface area contributed by atoms with Crippen molar-refractivity contribution in [1.29, 1.82) is 0 Å². The topological polar surface area (TPSA) is 77.4 Å². The molecule has 0 bridgehead atoms. The van der Waals surface area contributed by atoms with Crippen molar-refractivity contribution in [3.63, 3.8) is 0 Å². The smallest absolute Gasteiger partial charge is 0.248 e. The molecule has 1 aromatic heterocycles. The Hall–Kier alpha value is -2.25. The van der Waals surface area contributed by atoms with Crippen molar-refractivity contribution in [3.05, 3.63) is 42.2 Å². The minimum Gasteiger partial charge on any atom is -0.490 e. The van der Waals surface area contributed by atoms with Gasteiger partial charge in [0, 0.05) is 12.4 Å². The van der Waals surface area contributed by atoms with Crippen LogP contribution in [0, 0.1) is 0 Å². The van der Waals surface area contributed by atoms with Crippen molar-refractivity contribution in [1.82, 2.24) is 20.4 Å². The molecule has 2 heterocycles. The van der Waals surface area contributed by atoms with E-state index in [0.29, 0.717) is 31.8 Å². The summed E-state index contributed by atoms with van der Waals surface area (Å²) in [4.78, 5) is 13.3. The van der Waals surface area contributed by atoms with Crippen LogP contribution in [0.25, 0.3) is 0 Å².